The number of hydrogen-bond donors (Lipinski definition) is 1. The Bertz CT molecular complexity index is 1610. The van der Waals surface area contributed by atoms with Crippen LogP contribution in [0.3, 0.4) is 0 Å². The highest BCUT2D eigenvalue weighted by Crippen LogP contribution is 2.39. The topological polar surface area (TPSA) is 95.7 Å². The van der Waals surface area contributed by atoms with Gasteiger partial charge in [0, 0.05) is 38.0 Å². The number of benzene rings is 2. The smallest absolute Gasteiger partial charge is 0.320 e. The summed E-state index contributed by atoms with van der Waals surface area (Å²) in [5.41, 5.74) is 6.15. The zero-order chi connectivity index (χ0) is 32.4. The van der Waals surface area contributed by atoms with Crippen molar-refractivity contribution in [2.75, 3.05) is 39.0 Å². The van der Waals surface area contributed by atoms with Crippen LogP contribution in [0, 0.1) is 18.8 Å². The van der Waals surface area contributed by atoms with Gasteiger partial charge in [-0.2, -0.15) is 5.10 Å². The quantitative estimate of drug-likeness (QED) is 0.268. The lowest BCUT2D eigenvalue weighted by Gasteiger charge is -2.35. The van der Waals surface area contributed by atoms with E-state index in [9.17, 15) is 18.3 Å². The zero-order valence-corrected chi connectivity index (χ0v) is 28.5. The van der Waals surface area contributed by atoms with E-state index in [1.54, 1.807) is 12.1 Å². The van der Waals surface area contributed by atoms with E-state index < -0.39 is 15.8 Å². The zero-order valence-electron chi connectivity index (χ0n) is 27.6. The molecule has 46 heavy (non-hydrogen) atoms. The minimum absolute atomic E-state index is 0.337. The number of sulfone groups is 1. The van der Waals surface area contributed by atoms with E-state index in [1.807, 2.05) is 16.8 Å². The maximum Gasteiger partial charge on any atom is 0.320 e. The number of likely N-dealkylation sites (tertiary alicyclic amines) is 2. The Labute approximate surface area is 274 Å². The predicted octanol–water partition coefficient (Wildman–Crippen LogP) is 5.74. The van der Waals surface area contributed by atoms with Crippen LogP contribution in [-0.2, 0) is 27.6 Å². The van der Waals surface area contributed by atoms with Crippen LogP contribution in [0.4, 0.5) is 0 Å². The first-order valence-electron chi connectivity index (χ1n) is 17.2. The Morgan fingerprint density at radius 2 is 1.78 bits per heavy atom. The highest BCUT2D eigenvalue weighted by molar-refractivity contribution is 7.90. The van der Waals surface area contributed by atoms with E-state index >= 15 is 0 Å². The second-order valence-corrected chi connectivity index (χ2v) is 16.2. The molecule has 6 rings (SSSR count). The second kappa shape index (κ2) is 14.0. The number of hydrogen-bond acceptors (Lipinski definition) is 6. The molecule has 0 unspecified atom stereocenters. The minimum Gasteiger partial charge on any atom is -0.480 e. The van der Waals surface area contributed by atoms with Crippen LogP contribution in [0.15, 0.2) is 59.6 Å². The van der Waals surface area contributed by atoms with E-state index in [1.165, 1.54) is 42.2 Å². The monoisotopic (exact) mass is 646 g/mol. The van der Waals surface area contributed by atoms with Crippen molar-refractivity contribution in [1.82, 2.24) is 19.6 Å². The van der Waals surface area contributed by atoms with Crippen LogP contribution in [0.5, 0.6) is 0 Å². The number of aryl methyl sites for hydroxylation is 2. The lowest BCUT2D eigenvalue weighted by Crippen LogP contribution is -2.43. The molecule has 2 saturated heterocycles. The van der Waals surface area contributed by atoms with Gasteiger partial charge in [0.25, 0.3) is 0 Å². The molecule has 3 aromatic rings. The first-order chi connectivity index (χ1) is 22.1. The van der Waals surface area contributed by atoms with Crippen molar-refractivity contribution in [3.8, 4) is 0 Å². The van der Waals surface area contributed by atoms with Gasteiger partial charge in [0.05, 0.1) is 17.1 Å². The van der Waals surface area contributed by atoms with Crippen molar-refractivity contribution >= 4 is 15.8 Å². The fourth-order valence-electron chi connectivity index (χ4n) is 8.03. The number of aliphatic carboxylic acids is 1. The van der Waals surface area contributed by atoms with Gasteiger partial charge in [0.15, 0.2) is 9.84 Å². The lowest BCUT2D eigenvalue weighted by molar-refractivity contribution is -0.144. The third-order valence-electron chi connectivity index (χ3n) is 10.9. The normalized spacial score (nSPS) is 22.6. The van der Waals surface area contributed by atoms with Crippen molar-refractivity contribution in [2.24, 2.45) is 11.8 Å². The van der Waals surface area contributed by atoms with Gasteiger partial charge in [0.1, 0.15) is 6.04 Å². The molecule has 3 fully saturated rings. The average Bonchev–Trinajstić information content (AvgIpc) is 3.60. The van der Waals surface area contributed by atoms with Gasteiger partial charge in [0.2, 0.25) is 0 Å². The number of carbonyl (C=O) groups is 1. The molecule has 9 heteroatoms. The highest BCUT2D eigenvalue weighted by Gasteiger charge is 2.41. The van der Waals surface area contributed by atoms with Crippen LogP contribution in [0.2, 0.25) is 0 Å². The van der Waals surface area contributed by atoms with Crippen molar-refractivity contribution < 1.29 is 18.3 Å². The molecule has 1 saturated carbocycles. The van der Waals surface area contributed by atoms with E-state index in [-0.39, 0.29) is 6.04 Å². The summed E-state index contributed by atoms with van der Waals surface area (Å²) in [6, 6.07) is 15.6. The van der Waals surface area contributed by atoms with Gasteiger partial charge in [-0.3, -0.25) is 14.4 Å². The second-order valence-electron chi connectivity index (χ2n) is 14.2. The van der Waals surface area contributed by atoms with Gasteiger partial charge in [-0.05, 0) is 92.3 Å². The summed E-state index contributed by atoms with van der Waals surface area (Å²) in [5.74, 6) is 1.13. The Balaban J connectivity index is 1.11. The highest BCUT2D eigenvalue weighted by atomic mass is 32.2. The molecule has 3 aliphatic rings. The molecule has 1 aliphatic carbocycles. The van der Waals surface area contributed by atoms with Crippen LogP contribution in [0.1, 0.15) is 85.2 Å². The molecule has 3 atom stereocenters. The molecule has 0 radical (unpaired) electrons. The van der Waals surface area contributed by atoms with E-state index in [2.05, 4.69) is 54.1 Å². The lowest BCUT2D eigenvalue weighted by atomic mass is 9.80. The molecule has 0 amide bonds. The SMILES string of the molecule is CCc1nn(Cc2ccc(S(C)(=O)=O)cc2)cc1C1CCN(C[C@H]2CN([C@H](CC3CCC3)C(=O)O)C[C@@H]2c2cccc(C)c2)CC1. The Morgan fingerprint density at radius 3 is 2.39 bits per heavy atom. The van der Waals surface area contributed by atoms with E-state index in [0.29, 0.717) is 35.1 Å². The van der Waals surface area contributed by atoms with Gasteiger partial charge >= 0.3 is 5.97 Å². The molecule has 1 N–H and O–H groups in total. The summed E-state index contributed by atoms with van der Waals surface area (Å²) >= 11 is 0. The summed E-state index contributed by atoms with van der Waals surface area (Å²) in [6.07, 6.45) is 10.9. The Morgan fingerprint density at radius 1 is 1.04 bits per heavy atom. The van der Waals surface area contributed by atoms with Crippen molar-refractivity contribution in [3.05, 3.63) is 82.7 Å². The molecule has 1 aromatic heterocycles. The van der Waals surface area contributed by atoms with Gasteiger partial charge in [-0.1, -0.05) is 68.1 Å². The van der Waals surface area contributed by atoms with Crippen LogP contribution in [0.25, 0.3) is 0 Å². The summed E-state index contributed by atoms with van der Waals surface area (Å²) in [6.45, 7) is 9.67. The molecule has 2 aliphatic heterocycles. The molecule has 2 aromatic carbocycles. The van der Waals surface area contributed by atoms with Crippen molar-refractivity contribution in [1.29, 1.82) is 0 Å². The van der Waals surface area contributed by atoms with E-state index in [0.717, 1.165) is 69.7 Å². The number of nitrogens with zero attached hydrogens (tertiary/aromatic N) is 4. The predicted molar refractivity (Wildman–Crippen MR) is 181 cm³/mol. The molecule has 248 valence electrons. The van der Waals surface area contributed by atoms with Gasteiger partial charge < -0.3 is 10.0 Å². The van der Waals surface area contributed by atoms with Gasteiger partial charge in [-0.15, -0.1) is 0 Å². The Kier molecular flexibility index (Phi) is 10.0. The summed E-state index contributed by atoms with van der Waals surface area (Å²) in [5, 5.41) is 15.2. The fourth-order valence-corrected chi connectivity index (χ4v) is 8.66. The summed E-state index contributed by atoms with van der Waals surface area (Å²) in [7, 11) is -3.21. The Hall–Kier alpha value is -3.01. The number of carboxylic acids is 1. The molecular weight excluding hydrogens is 596 g/mol. The molecule has 0 spiro atoms. The van der Waals surface area contributed by atoms with Crippen LogP contribution < -0.4 is 0 Å². The number of rotatable bonds is 12. The van der Waals surface area contributed by atoms with Crippen LogP contribution >= 0.6 is 0 Å². The third kappa shape index (κ3) is 7.58. The molecule has 8 nitrogen and oxygen atoms in total. The number of carboxylic acid groups (broad SMARTS) is 1. The number of piperidine rings is 1. The molecular formula is C37H50N4O4S. The van der Waals surface area contributed by atoms with Crippen molar-refractivity contribution in [2.45, 2.75) is 88.1 Å². The van der Waals surface area contributed by atoms with Gasteiger partial charge in [-0.25, -0.2) is 8.42 Å². The largest absolute Gasteiger partial charge is 0.480 e. The minimum atomic E-state index is -3.21. The summed E-state index contributed by atoms with van der Waals surface area (Å²) < 4.78 is 25.7. The summed E-state index contributed by atoms with van der Waals surface area (Å²) in [4.78, 5) is 17.7. The van der Waals surface area contributed by atoms with E-state index in [4.69, 9.17) is 5.10 Å². The maximum atomic E-state index is 12.5. The fraction of sp³-hybridized carbons (Fsp3) is 0.568. The third-order valence-corrected chi connectivity index (χ3v) is 12.0. The number of aromatic nitrogens is 2. The standard InChI is InChI=1S/C37H50N4O4S/c1-4-35-34(25-41(38-35)21-28-11-13-32(14-12-28)46(3,44)45)29-15-17-39(18-16-29)22-31-23-40(36(37(42)43)20-27-8-6-9-27)24-33(31)30-10-5-7-26(2)19-30/h5,7,10-14,19,25,27,29,31,33,36H,4,6,8-9,15-18,20-24H2,1-3H3,(H,42,43)/t31-,33+,36+/m0/s1. The maximum absolute atomic E-state index is 12.5. The first-order valence-corrected chi connectivity index (χ1v) is 19.1. The van der Waals surface area contributed by atoms with Crippen molar-refractivity contribution in [3.63, 3.8) is 0 Å². The average molecular weight is 647 g/mol. The molecule has 0 bridgehead atoms. The van der Waals surface area contributed by atoms with Crippen LogP contribution in [-0.4, -0.2) is 84.1 Å². The first kappa shape index (κ1) is 32.9. The molecule has 3 heterocycles.